The molecule has 24 heavy (non-hydrogen) atoms. The standard InChI is InChI=1S/C15H21N3O5S/c1-11(19)16-7-6-15(20)17-12-4-5-13(14(10-12)23-2)18-8-3-9-24(18,21)22/h4-5,10H,3,6-9H2,1-2H3,(H,16,19)(H,17,20). The zero-order valence-electron chi connectivity index (χ0n) is 13.7. The largest absolute Gasteiger partial charge is 0.494 e. The highest BCUT2D eigenvalue weighted by molar-refractivity contribution is 7.93. The quantitative estimate of drug-likeness (QED) is 0.781. The van der Waals surface area contributed by atoms with Gasteiger partial charge >= 0.3 is 0 Å². The molecule has 132 valence electrons. The monoisotopic (exact) mass is 355 g/mol. The van der Waals surface area contributed by atoms with Crippen LogP contribution < -0.4 is 19.7 Å². The molecule has 1 aromatic rings. The van der Waals surface area contributed by atoms with Crippen LogP contribution in [0.1, 0.15) is 19.8 Å². The second-order valence-corrected chi connectivity index (χ2v) is 7.42. The van der Waals surface area contributed by atoms with Gasteiger partial charge < -0.3 is 15.4 Å². The number of benzene rings is 1. The lowest BCUT2D eigenvalue weighted by Crippen LogP contribution is -2.26. The molecule has 0 aliphatic carbocycles. The van der Waals surface area contributed by atoms with E-state index in [0.29, 0.717) is 30.1 Å². The summed E-state index contributed by atoms with van der Waals surface area (Å²) in [5.41, 5.74) is 0.964. The summed E-state index contributed by atoms with van der Waals surface area (Å²) in [6.07, 6.45) is 0.720. The van der Waals surface area contributed by atoms with Crippen LogP contribution in [0.2, 0.25) is 0 Å². The van der Waals surface area contributed by atoms with Crippen molar-refractivity contribution in [3.05, 3.63) is 18.2 Å². The average Bonchev–Trinajstić information content (AvgIpc) is 2.86. The molecule has 9 heteroatoms. The number of hydrogen-bond donors (Lipinski definition) is 2. The van der Waals surface area contributed by atoms with Crippen LogP contribution in [0.15, 0.2) is 18.2 Å². The maximum Gasteiger partial charge on any atom is 0.235 e. The molecule has 0 aromatic heterocycles. The Bertz CT molecular complexity index is 733. The summed E-state index contributed by atoms with van der Waals surface area (Å²) in [5.74, 6) is 0.0470. The number of anilines is 2. The Morgan fingerprint density at radius 3 is 2.67 bits per heavy atom. The van der Waals surface area contributed by atoms with Crippen molar-refractivity contribution in [3.8, 4) is 5.75 Å². The van der Waals surface area contributed by atoms with Gasteiger partial charge in [-0.3, -0.25) is 13.9 Å². The smallest absolute Gasteiger partial charge is 0.235 e. The summed E-state index contributed by atoms with van der Waals surface area (Å²) in [5, 5.41) is 5.23. The van der Waals surface area contributed by atoms with Crippen molar-refractivity contribution in [2.45, 2.75) is 19.8 Å². The topological polar surface area (TPSA) is 105 Å². The molecule has 0 saturated carbocycles. The first-order valence-electron chi connectivity index (χ1n) is 7.56. The number of amides is 2. The molecule has 0 unspecified atom stereocenters. The summed E-state index contributed by atoms with van der Waals surface area (Å²) in [4.78, 5) is 22.6. The van der Waals surface area contributed by atoms with Crippen LogP contribution in [0.4, 0.5) is 11.4 Å². The Morgan fingerprint density at radius 2 is 2.08 bits per heavy atom. The van der Waals surface area contributed by atoms with Gasteiger partial charge in [0.15, 0.2) is 0 Å². The summed E-state index contributed by atoms with van der Waals surface area (Å²) in [6.45, 7) is 2.05. The molecule has 8 nitrogen and oxygen atoms in total. The Kier molecular flexibility index (Phi) is 5.66. The zero-order chi connectivity index (χ0) is 17.7. The lowest BCUT2D eigenvalue weighted by molar-refractivity contribution is -0.119. The third-order valence-corrected chi connectivity index (χ3v) is 5.41. The molecule has 0 spiro atoms. The summed E-state index contributed by atoms with van der Waals surface area (Å²) >= 11 is 0. The Labute approximate surface area is 141 Å². The van der Waals surface area contributed by atoms with Gasteiger partial charge in [0.1, 0.15) is 5.75 Å². The first-order valence-corrected chi connectivity index (χ1v) is 9.17. The van der Waals surface area contributed by atoms with Gasteiger partial charge in [-0.25, -0.2) is 8.42 Å². The van der Waals surface area contributed by atoms with Crippen molar-refractivity contribution >= 4 is 33.2 Å². The van der Waals surface area contributed by atoms with Crippen LogP contribution >= 0.6 is 0 Å². The molecule has 2 amide bonds. The third kappa shape index (κ3) is 4.38. The van der Waals surface area contributed by atoms with E-state index in [9.17, 15) is 18.0 Å². The number of sulfonamides is 1. The minimum Gasteiger partial charge on any atom is -0.494 e. The predicted octanol–water partition coefficient (Wildman–Crippen LogP) is 0.700. The first-order chi connectivity index (χ1) is 11.3. The molecule has 0 radical (unpaired) electrons. The normalized spacial score (nSPS) is 15.8. The number of nitrogens with zero attached hydrogens (tertiary/aromatic N) is 1. The van der Waals surface area contributed by atoms with Crippen LogP contribution in [-0.2, 0) is 19.6 Å². The van der Waals surface area contributed by atoms with E-state index < -0.39 is 10.0 Å². The molecule has 1 aromatic carbocycles. The fourth-order valence-corrected chi connectivity index (χ4v) is 4.02. The van der Waals surface area contributed by atoms with Crippen LogP contribution in [0.5, 0.6) is 5.75 Å². The highest BCUT2D eigenvalue weighted by Gasteiger charge is 2.30. The predicted molar refractivity (Wildman–Crippen MR) is 90.7 cm³/mol. The number of ether oxygens (including phenoxy) is 1. The van der Waals surface area contributed by atoms with E-state index in [1.54, 1.807) is 18.2 Å². The van der Waals surface area contributed by atoms with Crippen molar-refractivity contribution in [2.75, 3.05) is 35.6 Å². The molecule has 0 bridgehead atoms. The molecule has 1 saturated heterocycles. The molecule has 1 aliphatic heterocycles. The van der Waals surface area contributed by atoms with E-state index in [1.165, 1.54) is 18.3 Å². The van der Waals surface area contributed by atoms with E-state index in [2.05, 4.69) is 10.6 Å². The van der Waals surface area contributed by atoms with Gasteiger partial charge in [0.2, 0.25) is 21.8 Å². The number of rotatable bonds is 6. The molecule has 1 aliphatic rings. The molecule has 1 fully saturated rings. The fourth-order valence-electron chi connectivity index (χ4n) is 2.45. The van der Waals surface area contributed by atoms with Gasteiger partial charge in [0.25, 0.3) is 0 Å². The number of methoxy groups -OCH3 is 1. The van der Waals surface area contributed by atoms with E-state index >= 15 is 0 Å². The molecule has 2 N–H and O–H groups in total. The van der Waals surface area contributed by atoms with E-state index in [-0.39, 0.29) is 30.5 Å². The Balaban J connectivity index is 2.09. The Hall–Kier alpha value is -2.29. The zero-order valence-corrected chi connectivity index (χ0v) is 14.5. The minimum absolute atomic E-state index is 0.123. The molecular formula is C15H21N3O5S. The van der Waals surface area contributed by atoms with Gasteiger partial charge in [0, 0.05) is 38.2 Å². The summed E-state index contributed by atoms with van der Waals surface area (Å²) in [7, 11) is -1.85. The summed E-state index contributed by atoms with van der Waals surface area (Å²) < 4.78 is 30.7. The Morgan fingerprint density at radius 1 is 1.33 bits per heavy atom. The number of carbonyl (C=O) groups is 2. The van der Waals surface area contributed by atoms with E-state index in [4.69, 9.17) is 4.74 Å². The minimum atomic E-state index is -3.30. The van der Waals surface area contributed by atoms with Crippen LogP contribution in [0, 0.1) is 0 Å². The van der Waals surface area contributed by atoms with E-state index in [1.807, 2.05) is 0 Å². The van der Waals surface area contributed by atoms with Crippen molar-refractivity contribution in [3.63, 3.8) is 0 Å². The highest BCUT2D eigenvalue weighted by Crippen LogP contribution is 2.35. The maximum atomic E-state index is 12.0. The first kappa shape index (κ1) is 18.1. The summed E-state index contributed by atoms with van der Waals surface area (Å²) in [6, 6.07) is 4.83. The van der Waals surface area contributed by atoms with Gasteiger partial charge in [-0.2, -0.15) is 0 Å². The maximum absolute atomic E-state index is 12.0. The van der Waals surface area contributed by atoms with Gasteiger partial charge in [-0.05, 0) is 18.6 Å². The molecule has 0 atom stereocenters. The molecule has 2 rings (SSSR count). The molecule has 1 heterocycles. The van der Waals surface area contributed by atoms with Gasteiger partial charge in [-0.15, -0.1) is 0 Å². The van der Waals surface area contributed by atoms with Gasteiger partial charge in [-0.1, -0.05) is 0 Å². The van der Waals surface area contributed by atoms with Crippen molar-refractivity contribution in [2.24, 2.45) is 0 Å². The van der Waals surface area contributed by atoms with E-state index in [0.717, 1.165) is 0 Å². The SMILES string of the molecule is COc1cc(NC(=O)CCNC(C)=O)ccc1N1CCCS1(=O)=O. The highest BCUT2D eigenvalue weighted by atomic mass is 32.2. The van der Waals surface area contributed by atoms with Gasteiger partial charge in [0.05, 0.1) is 18.6 Å². The lowest BCUT2D eigenvalue weighted by Gasteiger charge is -2.20. The van der Waals surface area contributed by atoms with Crippen LogP contribution in [-0.4, -0.2) is 46.2 Å². The van der Waals surface area contributed by atoms with Crippen LogP contribution in [0.3, 0.4) is 0 Å². The van der Waals surface area contributed by atoms with Crippen LogP contribution in [0.25, 0.3) is 0 Å². The number of carbonyl (C=O) groups excluding carboxylic acids is 2. The average molecular weight is 355 g/mol. The molecular weight excluding hydrogens is 334 g/mol. The fraction of sp³-hybridized carbons (Fsp3) is 0.467. The van der Waals surface area contributed by atoms with Crippen molar-refractivity contribution < 1.29 is 22.7 Å². The lowest BCUT2D eigenvalue weighted by atomic mass is 10.2. The number of nitrogens with one attached hydrogen (secondary N) is 2. The third-order valence-electron chi connectivity index (χ3n) is 3.56. The second-order valence-electron chi connectivity index (χ2n) is 5.41. The van der Waals surface area contributed by atoms with Crippen molar-refractivity contribution in [1.29, 1.82) is 0 Å². The second kappa shape index (κ2) is 7.52. The van der Waals surface area contributed by atoms with Crippen molar-refractivity contribution in [1.82, 2.24) is 5.32 Å². The number of hydrogen-bond acceptors (Lipinski definition) is 5.